The Bertz CT molecular complexity index is 1060. The summed E-state index contributed by atoms with van der Waals surface area (Å²) in [7, 11) is 0. The molecule has 1 saturated heterocycles. The monoisotopic (exact) mass is 422 g/mol. The Morgan fingerprint density at radius 3 is 2.63 bits per heavy atom. The van der Waals surface area contributed by atoms with Crippen LogP contribution in [0.1, 0.15) is 22.7 Å². The van der Waals surface area contributed by atoms with Gasteiger partial charge >= 0.3 is 12.1 Å². The summed E-state index contributed by atoms with van der Waals surface area (Å²) in [6.07, 6.45) is -1.64. The second-order valence-corrected chi connectivity index (χ2v) is 6.58. The molecule has 0 radical (unpaired) electrons. The van der Waals surface area contributed by atoms with Crippen molar-refractivity contribution in [3.8, 4) is 17.1 Å². The third kappa shape index (κ3) is 4.09. The van der Waals surface area contributed by atoms with Gasteiger partial charge in [0.05, 0.1) is 6.54 Å². The molecule has 11 heteroatoms. The predicted molar refractivity (Wildman–Crippen MR) is 93.9 cm³/mol. The van der Waals surface area contributed by atoms with Crippen molar-refractivity contribution in [1.29, 1.82) is 0 Å². The first-order valence-corrected chi connectivity index (χ1v) is 8.88. The van der Waals surface area contributed by atoms with Crippen molar-refractivity contribution in [2.45, 2.75) is 18.7 Å². The van der Waals surface area contributed by atoms with Crippen molar-refractivity contribution in [2.24, 2.45) is 0 Å². The Balaban J connectivity index is 1.42. The molecule has 1 fully saturated rings. The number of likely N-dealkylation sites (tertiary alicyclic amines) is 1. The lowest BCUT2D eigenvalue weighted by atomic mass is 10.2. The van der Waals surface area contributed by atoms with Crippen molar-refractivity contribution in [1.82, 2.24) is 20.0 Å². The molecule has 0 saturated carbocycles. The van der Waals surface area contributed by atoms with Gasteiger partial charge in [0.1, 0.15) is 6.10 Å². The maximum Gasteiger partial charge on any atom is 0.471 e. The second-order valence-electron chi connectivity index (χ2n) is 6.58. The molecule has 3 aromatic rings. The van der Waals surface area contributed by atoms with Gasteiger partial charge < -0.3 is 14.2 Å². The van der Waals surface area contributed by atoms with Gasteiger partial charge in [-0.3, -0.25) is 9.78 Å². The van der Waals surface area contributed by atoms with Crippen molar-refractivity contribution < 1.29 is 31.6 Å². The standard InChI is InChI=1S/C19H14F4N4O3/c20-14-9-12(16-25-18(30-26-16)19(21,22)23)1-2-15(14)29-13-5-8-27(10-13)17(28)11-3-6-24-7-4-11/h1-4,6-7,9,13H,5,8,10H2/t13-/m0/s1. The second kappa shape index (κ2) is 7.73. The molecule has 1 amide bonds. The summed E-state index contributed by atoms with van der Waals surface area (Å²) in [4.78, 5) is 21.1. The molecular formula is C19H14F4N4O3. The fourth-order valence-electron chi connectivity index (χ4n) is 3.06. The Kier molecular flexibility index (Phi) is 5.10. The van der Waals surface area contributed by atoms with Gasteiger partial charge in [-0.25, -0.2) is 4.39 Å². The van der Waals surface area contributed by atoms with E-state index >= 15 is 0 Å². The number of aromatic nitrogens is 3. The van der Waals surface area contributed by atoms with Crippen LogP contribution in [0.5, 0.6) is 5.75 Å². The summed E-state index contributed by atoms with van der Waals surface area (Å²) < 4.78 is 61.9. The summed E-state index contributed by atoms with van der Waals surface area (Å²) in [5, 5.41) is 3.22. The SMILES string of the molecule is O=C(c1ccncc1)N1CC[C@H](Oc2ccc(-c3noc(C(F)(F)F)n3)cc2F)C1. The van der Waals surface area contributed by atoms with Gasteiger partial charge in [-0.2, -0.15) is 18.2 Å². The predicted octanol–water partition coefficient (Wildman–Crippen LogP) is 3.58. The third-order valence-corrected chi connectivity index (χ3v) is 4.51. The van der Waals surface area contributed by atoms with Crippen molar-refractivity contribution in [3.63, 3.8) is 0 Å². The van der Waals surface area contributed by atoms with Crippen LogP contribution < -0.4 is 4.74 Å². The van der Waals surface area contributed by atoms with Gasteiger partial charge in [-0.05, 0) is 30.3 Å². The zero-order chi connectivity index (χ0) is 21.3. The minimum Gasteiger partial charge on any atom is -0.485 e. The summed E-state index contributed by atoms with van der Waals surface area (Å²) in [5.41, 5.74) is 0.513. The molecule has 1 aliphatic heterocycles. The summed E-state index contributed by atoms with van der Waals surface area (Å²) in [5.74, 6) is -2.94. The highest BCUT2D eigenvalue weighted by atomic mass is 19.4. The summed E-state index contributed by atoms with van der Waals surface area (Å²) >= 11 is 0. The van der Waals surface area contributed by atoms with Crippen LogP contribution >= 0.6 is 0 Å². The molecule has 1 aromatic carbocycles. The Morgan fingerprint density at radius 2 is 1.97 bits per heavy atom. The number of carbonyl (C=O) groups is 1. The molecule has 156 valence electrons. The number of carbonyl (C=O) groups excluding carboxylic acids is 1. The van der Waals surface area contributed by atoms with E-state index in [-0.39, 0.29) is 29.6 Å². The minimum absolute atomic E-state index is 0.0139. The topological polar surface area (TPSA) is 81.4 Å². The quantitative estimate of drug-likeness (QED) is 0.598. The van der Waals surface area contributed by atoms with Crippen LogP contribution in [0.2, 0.25) is 0 Å². The highest BCUT2D eigenvalue weighted by Crippen LogP contribution is 2.31. The maximum atomic E-state index is 14.4. The van der Waals surface area contributed by atoms with Crippen LogP contribution in [0.3, 0.4) is 0 Å². The van der Waals surface area contributed by atoms with E-state index in [0.717, 1.165) is 6.07 Å². The lowest BCUT2D eigenvalue weighted by Gasteiger charge is -2.17. The van der Waals surface area contributed by atoms with E-state index in [9.17, 15) is 22.4 Å². The molecule has 1 atom stereocenters. The van der Waals surface area contributed by atoms with Crippen LogP contribution in [-0.4, -0.2) is 45.1 Å². The summed E-state index contributed by atoms with van der Waals surface area (Å²) in [6.45, 7) is 0.733. The average molecular weight is 422 g/mol. The van der Waals surface area contributed by atoms with E-state index in [0.29, 0.717) is 18.5 Å². The average Bonchev–Trinajstić information content (AvgIpc) is 3.39. The first-order valence-electron chi connectivity index (χ1n) is 8.88. The molecule has 0 unspecified atom stereocenters. The Hall–Kier alpha value is -3.50. The molecule has 7 nitrogen and oxygen atoms in total. The number of amides is 1. The van der Waals surface area contributed by atoms with E-state index in [1.54, 1.807) is 17.0 Å². The zero-order valence-electron chi connectivity index (χ0n) is 15.3. The largest absolute Gasteiger partial charge is 0.485 e. The lowest BCUT2D eigenvalue weighted by Crippen LogP contribution is -2.31. The highest BCUT2D eigenvalue weighted by Gasteiger charge is 2.38. The number of alkyl halides is 3. The van der Waals surface area contributed by atoms with E-state index in [4.69, 9.17) is 4.74 Å². The Morgan fingerprint density at radius 1 is 1.20 bits per heavy atom. The number of pyridine rings is 1. The van der Waals surface area contributed by atoms with E-state index in [1.807, 2.05) is 0 Å². The molecule has 2 aromatic heterocycles. The smallest absolute Gasteiger partial charge is 0.471 e. The number of hydrogen-bond acceptors (Lipinski definition) is 6. The summed E-state index contributed by atoms with van der Waals surface area (Å²) in [6, 6.07) is 6.79. The molecule has 1 aliphatic rings. The van der Waals surface area contributed by atoms with Crippen LogP contribution in [0.4, 0.5) is 17.6 Å². The van der Waals surface area contributed by atoms with Gasteiger partial charge in [-0.15, -0.1) is 0 Å². The van der Waals surface area contributed by atoms with Crippen molar-refractivity contribution in [2.75, 3.05) is 13.1 Å². The number of halogens is 4. The molecule has 0 aliphatic carbocycles. The minimum atomic E-state index is -4.78. The van der Waals surface area contributed by atoms with Gasteiger partial charge in [0, 0.05) is 36.5 Å². The van der Waals surface area contributed by atoms with Crippen LogP contribution in [-0.2, 0) is 6.18 Å². The number of nitrogens with zero attached hydrogens (tertiary/aromatic N) is 4. The number of benzene rings is 1. The molecular weight excluding hydrogens is 408 g/mol. The number of hydrogen-bond donors (Lipinski definition) is 0. The third-order valence-electron chi connectivity index (χ3n) is 4.51. The lowest BCUT2D eigenvalue weighted by molar-refractivity contribution is -0.159. The maximum absolute atomic E-state index is 14.4. The van der Waals surface area contributed by atoms with E-state index in [2.05, 4.69) is 19.6 Å². The van der Waals surface area contributed by atoms with Gasteiger partial charge in [0.15, 0.2) is 11.6 Å². The van der Waals surface area contributed by atoms with Gasteiger partial charge in [-0.1, -0.05) is 5.16 Å². The fraction of sp³-hybridized carbons (Fsp3) is 0.263. The molecule has 0 spiro atoms. The van der Waals surface area contributed by atoms with Crippen molar-refractivity contribution >= 4 is 5.91 Å². The fourth-order valence-corrected chi connectivity index (χ4v) is 3.06. The molecule has 3 heterocycles. The zero-order valence-corrected chi connectivity index (χ0v) is 15.3. The number of ether oxygens (including phenoxy) is 1. The molecule has 4 rings (SSSR count). The normalized spacial score (nSPS) is 16.7. The Labute approximate surface area is 167 Å². The first kappa shape index (κ1) is 19.8. The van der Waals surface area contributed by atoms with Crippen LogP contribution in [0.15, 0.2) is 47.2 Å². The van der Waals surface area contributed by atoms with Gasteiger partial charge in [0.25, 0.3) is 5.91 Å². The van der Waals surface area contributed by atoms with Crippen molar-refractivity contribution in [3.05, 3.63) is 60.0 Å². The molecule has 0 bridgehead atoms. The highest BCUT2D eigenvalue weighted by molar-refractivity contribution is 5.94. The van der Waals surface area contributed by atoms with E-state index < -0.39 is 24.0 Å². The van der Waals surface area contributed by atoms with E-state index in [1.165, 1.54) is 24.5 Å². The molecule has 0 N–H and O–H groups in total. The van der Waals surface area contributed by atoms with Crippen LogP contribution in [0.25, 0.3) is 11.4 Å². The van der Waals surface area contributed by atoms with Crippen LogP contribution in [0, 0.1) is 5.82 Å². The number of rotatable bonds is 4. The molecule has 30 heavy (non-hydrogen) atoms. The first-order chi connectivity index (χ1) is 14.3. The van der Waals surface area contributed by atoms with Gasteiger partial charge in [0.2, 0.25) is 5.82 Å².